The predicted octanol–water partition coefficient (Wildman–Crippen LogP) is 2.15. The number of carbonyl (C=O) groups excluding carboxylic acids is 1. The van der Waals surface area contributed by atoms with Crippen molar-refractivity contribution in [1.82, 2.24) is 25.3 Å². The van der Waals surface area contributed by atoms with Crippen LogP contribution in [0.25, 0.3) is 11.2 Å². The van der Waals surface area contributed by atoms with Crippen LogP contribution in [0.5, 0.6) is 0 Å². The van der Waals surface area contributed by atoms with Crippen molar-refractivity contribution < 1.29 is 4.79 Å². The van der Waals surface area contributed by atoms with Crippen LogP contribution in [0, 0.1) is 11.8 Å². The number of halogens is 1. The summed E-state index contributed by atoms with van der Waals surface area (Å²) in [5.74, 6) is 5.78. The molecule has 0 unspecified atom stereocenters. The normalized spacial score (nSPS) is 11.6. The lowest BCUT2D eigenvalue weighted by Gasteiger charge is -2.08. The Labute approximate surface area is 149 Å². The first-order chi connectivity index (χ1) is 12.0. The number of nitrogens with zero attached hydrogens (tertiary/aromatic N) is 3. The molecular weight excluding hydrogens is 340 g/mol. The van der Waals surface area contributed by atoms with Gasteiger partial charge in [-0.2, -0.15) is 0 Å². The molecule has 0 aliphatic heterocycles. The first-order valence-corrected chi connectivity index (χ1v) is 7.92. The Kier molecular flexibility index (Phi) is 4.82. The van der Waals surface area contributed by atoms with Crippen LogP contribution < -0.4 is 11.1 Å². The SMILES string of the molecule is C[C@@H](CC#Cc1cncc(N)c1Cl)NC(=O)c1nc2ncccc2[nH]1. The Morgan fingerprint density at radius 2 is 2.32 bits per heavy atom. The third-order valence-electron chi connectivity index (χ3n) is 3.39. The minimum atomic E-state index is -0.309. The van der Waals surface area contributed by atoms with Crippen molar-refractivity contribution in [2.45, 2.75) is 19.4 Å². The molecule has 3 heterocycles. The molecule has 3 rings (SSSR count). The number of amides is 1. The van der Waals surface area contributed by atoms with E-state index < -0.39 is 0 Å². The summed E-state index contributed by atoms with van der Waals surface area (Å²) in [6, 6.07) is 3.41. The maximum Gasteiger partial charge on any atom is 0.287 e. The average molecular weight is 355 g/mol. The third-order valence-corrected chi connectivity index (χ3v) is 3.81. The second kappa shape index (κ2) is 7.20. The molecule has 126 valence electrons. The van der Waals surface area contributed by atoms with Gasteiger partial charge in [0.05, 0.1) is 28.0 Å². The molecule has 25 heavy (non-hydrogen) atoms. The summed E-state index contributed by atoms with van der Waals surface area (Å²) < 4.78 is 0. The number of anilines is 1. The molecule has 0 saturated carbocycles. The number of pyridine rings is 2. The van der Waals surface area contributed by atoms with Crippen LogP contribution >= 0.6 is 11.6 Å². The lowest BCUT2D eigenvalue weighted by molar-refractivity contribution is 0.0931. The Bertz CT molecular complexity index is 954. The van der Waals surface area contributed by atoms with Crippen molar-refractivity contribution in [3.05, 3.63) is 47.1 Å². The van der Waals surface area contributed by atoms with E-state index in [4.69, 9.17) is 17.3 Å². The highest BCUT2D eigenvalue weighted by molar-refractivity contribution is 6.34. The monoisotopic (exact) mass is 354 g/mol. The van der Waals surface area contributed by atoms with E-state index in [1.165, 1.54) is 6.20 Å². The molecule has 0 saturated heterocycles. The van der Waals surface area contributed by atoms with Crippen molar-refractivity contribution in [3.8, 4) is 11.8 Å². The van der Waals surface area contributed by atoms with Gasteiger partial charge in [0.15, 0.2) is 11.5 Å². The molecular formula is C17H15ClN6O. The number of hydrogen-bond donors (Lipinski definition) is 3. The van der Waals surface area contributed by atoms with Crippen molar-refractivity contribution in [1.29, 1.82) is 0 Å². The van der Waals surface area contributed by atoms with Crippen LogP contribution in [0.3, 0.4) is 0 Å². The second-order valence-corrected chi connectivity index (χ2v) is 5.81. The summed E-state index contributed by atoms with van der Waals surface area (Å²) in [5.41, 5.74) is 7.84. The van der Waals surface area contributed by atoms with Crippen LogP contribution in [0.15, 0.2) is 30.7 Å². The highest BCUT2D eigenvalue weighted by atomic mass is 35.5. The molecule has 3 aromatic heterocycles. The summed E-state index contributed by atoms with van der Waals surface area (Å²) in [6.07, 6.45) is 5.09. The zero-order valence-corrected chi connectivity index (χ0v) is 14.1. The lowest BCUT2D eigenvalue weighted by Crippen LogP contribution is -2.32. The van der Waals surface area contributed by atoms with E-state index >= 15 is 0 Å². The number of rotatable bonds is 3. The number of nitrogen functional groups attached to an aromatic ring is 1. The lowest BCUT2D eigenvalue weighted by atomic mass is 10.2. The Hall–Kier alpha value is -3.11. The van der Waals surface area contributed by atoms with Gasteiger partial charge in [0.25, 0.3) is 5.91 Å². The molecule has 8 heteroatoms. The minimum Gasteiger partial charge on any atom is -0.396 e. The Morgan fingerprint density at radius 1 is 1.48 bits per heavy atom. The fourth-order valence-electron chi connectivity index (χ4n) is 2.14. The van der Waals surface area contributed by atoms with Gasteiger partial charge in [-0.05, 0) is 19.1 Å². The standard InChI is InChI=1S/C17H15ClN6O/c1-10(4-2-5-11-8-20-9-12(19)14(11)18)22-17(25)16-23-13-6-3-7-21-15(13)24-16/h3,6-10H,4,19H2,1H3,(H,22,25)(H,21,23,24)/t10-/m0/s1. The maximum atomic E-state index is 12.2. The highest BCUT2D eigenvalue weighted by Gasteiger charge is 2.13. The zero-order chi connectivity index (χ0) is 17.8. The third kappa shape index (κ3) is 3.87. The van der Waals surface area contributed by atoms with Gasteiger partial charge in [-0.1, -0.05) is 23.4 Å². The smallest absolute Gasteiger partial charge is 0.287 e. The number of nitrogens with one attached hydrogen (secondary N) is 2. The quantitative estimate of drug-likeness (QED) is 0.624. The Balaban J connectivity index is 1.62. The van der Waals surface area contributed by atoms with Crippen LogP contribution in [-0.2, 0) is 0 Å². The number of carbonyl (C=O) groups is 1. The molecule has 7 nitrogen and oxygen atoms in total. The number of imidazole rings is 1. The number of aromatic amines is 1. The largest absolute Gasteiger partial charge is 0.396 e. The molecule has 3 aromatic rings. The average Bonchev–Trinajstić information content (AvgIpc) is 3.03. The van der Waals surface area contributed by atoms with E-state index in [2.05, 4.69) is 37.1 Å². The summed E-state index contributed by atoms with van der Waals surface area (Å²) >= 11 is 6.06. The maximum absolute atomic E-state index is 12.2. The highest BCUT2D eigenvalue weighted by Crippen LogP contribution is 2.20. The van der Waals surface area contributed by atoms with Gasteiger partial charge >= 0.3 is 0 Å². The van der Waals surface area contributed by atoms with Gasteiger partial charge in [0.1, 0.15) is 0 Å². The number of nitrogens with two attached hydrogens (primary N) is 1. The van der Waals surface area contributed by atoms with Crippen LogP contribution in [0.2, 0.25) is 5.02 Å². The van der Waals surface area contributed by atoms with E-state index in [-0.39, 0.29) is 17.8 Å². The van der Waals surface area contributed by atoms with Gasteiger partial charge in [0.2, 0.25) is 0 Å². The summed E-state index contributed by atoms with van der Waals surface area (Å²) in [7, 11) is 0. The fourth-order valence-corrected chi connectivity index (χ4v) is 2.29. The van der Waals surface area contributed by atoms with Crippen molar-refractivity contribution in [3.63, 3.8) is 0 Å². The van der Waals surface area contributed by atoms with Crippen LogP contribution in [0.4, 0.5) is 5.69 Å². The summed E-state index contributed by atoms with van der Waals surface area (Å²) in [4.78, 5) is 27.4. The van der Waals surface area contributed by atoms with E-state index in [0.717, 1.165) is 0 Å². The molecule has 0 radical (unpaired) electrons. The van der Waals surface area contributed by atoms with Gasteiger partial charge in [-0.3, -0.25) is 9.78 Å². The van der Waals surface area contributed by atoms with Crippen LogP contribution in [0.1, 0.15) is 29.5 Å². The molecule has 0 bridgehead atoms. The molecule has 0 aliphatic carbocycles. The van der Waals surface area contributed by atoms with Crippen molar-refractivity contribution in [2.75, 3.05) is 5.73 Å². The van der Waals surface area contributed by atoms with Crippen molar-refractivity contribution >= 4 is 34.4 Å². The van der Waals surface area contributed by atoms with E-state index in [1.807, 2.05) is 13.0 Å². The van der Waals surface area contributed by atoms with Crippen molar-refractivity contribution in [2.24, 2.45) is 0 Å². The number of H-pyrrole nitrogens is 1. The van der Waals surface area contributed by atoms with Gasteiger partial charge < -0.3 is 16.0 Å². The molecule has 0 aliphatic rings. The van der Waals surface area contributed by atoms with Crippen LogP contribution in [-0.4, -0.2) is 31.9 Å². The summed E-state index contributed by atoms with van der Waals surface area (Å²) in [5, 5.41) is 3.22. The molecule has 0 fully saturated rings. The molecule has 4 N–H and O–H groups in total. The number of hydrogen-bond acceptors (Lipinski definition) is 5. The molecule has 0 spiro atoms. The number of aromatic nitrogens is 4. The van der Waals surface area contributed by atoms with Gasteiger partial charge in [-0.15, -0.1) is 0 Å². The minimum absolute atomic E-state index is 0.172. The first-order valence-electron chi connectivity index (χ1n) is 7.54. The van der Waals surface area contributed by atoms with Gasteiger partial charge in [0, 0.05) is 24.9 Å². The topological polar surface area (TPSA) is 110 Å². The number of fused-ring (bicyclic) bond motifs is 1. The fraction of sp³-hybridized carbons (Fsp3) is 0.176. The molecule has 1 atom stereocenters. The predicted molar refractivity (Wildman–Crippen MR) is 96.0 cm³/mol. The zero-order valence-electron chi connectivity index (χ0n) is 13.4. The first kappa shape index (κ1) is 16.7. The molecule has 1 amide bonds. The second-order valence-electron chi connectivity index (χ2n) is 5.43. The summed E-state index contributed by atoms with van der Waals surface area (Å²) in [6.45, 7) is 1.85. The molecule has 0 aromatic carbocycles. The Morgan fingerprint density at radius 3 is 3.12 bits per heavy atom. The van der Waals surface area contributed by atoms with Gasteiger partial charge in [-0.25, -0.2) is 9.97 Å². The van der Waals surface area contributed by atoms with E-state index in [0.29, 0.717) is 33.9 Å². The van der Waals surface area contributed by atoms with E-state index in [9.17, 15) is 4.79 Å². The van der Waals surface area contributed by atoms with E-state index in [1.54, 1.807) is 18.5 Å².